The minimum absolute atomic E-state index is 0.0557. The maximum atomic E-state index is 15.5. The number of nitrogens with zero attached hydrogens (tertiary/aromatic N) is 6. The Morgan fingerprint density at radius 2 is 1.64 bits per heavy atom. The second kappa shape index (κ2) is 15.7. The van der Waals surface area contributed by atoms with E-state index in [4.69, 9.17) is 42.6 Å². The Labute approximate surface area is 352 Å². The van der Waals surface area contributed by atoms with Gasteiger partial charge in [-0.15, -0.1) is 0 Å². The summed E-state index contributed by atoms with van der Waals surface area (Å²) >= 11 is 13.6. The third-order valence-electron chi connectivity index (χ3n) is 11.2. The molecule has 0 fully saturated rings. The van der Waals surface area contributed by atoms with E-state index in [1.165, 1.54) is 0 Å². The van der Waals surface area contributed by atoms with E-state index in [1.54, 1.807) is 34.9 Å². The summed E-state index contributed by atoms with van der Waals surface area (Å²) in [5, 5.41) is 13.2. The summed E-state index contributed by atoms with van der Waals surface area (Å²) in [6, 6.07) is 18.3. The number of methoxy groups -OCH3 is 1. The molecule has 0 saturated heterocycles. The molecule has 0 radical (unpaired) electrons. The molecular weight excluding hydrogens is 787 g/mol. The van der Waals surface area contributed by atoms with Gasteiger partial charge in [0.1, 0.15) is 28.7 Å². The SMILES string of the molecule is COc1ccc(N2CC(C)n3c(c(CCCOc4cc(C)c(Cl)c(C)c4)c4ccc(Cl)c(-c5c(C)nc(C)nc5C)c43)C2=O)c2c1cc(C(=O)O)n2Cc1ccccn1. The molecule has 3 aromatic carbocycles. The molecule has 0 spiro atoms. The van der Waals surface area contributed by atoms with E-state index in [1.807, 2.05) is 83.1 Å². The van der Waals surface area contributed by atoms with Crippen LogP contribution < -0.4 is 14.4 Å². The Kier molecular flexibility index (Phi) is 10.6. The molecule has 7 aromatic rings. The number of pyridine rings is 1. The number of rotatable bonds is 11. The highest BCUT2D eigenvalue weighted by Gasteiger charge is 2.38. The Morgan fingerprint density at radius 3 is 2.31 bits per heavy atom. The number of carbonyl (C=O) groups excluding carboxylic acids is 1. The largest absolute Gasteiger partial charge is 0.496 e. The number of fused-ring (bicyclic) bond motifs is 4. The van der Waals surface area contributed by atoms with Crippen molar-refractivity contribution in [2.24, 2.45) is 0 Å². The van der Waals surface area contributed by atoms with Crippen LogP contribution in [0.15, 0.2) is 66.9 Å². The number of amides is 1. The van der Waals surface area contributed by atoms with Crippen molar-refractivity contribution < 1.29 is 24.2 Å². The summed E-state index contributed by atoms with van der Waals surface area (Å²) in [5.41, 5.74) is 9.20. The summed E-state index contributed by atoms with van der Waals surface area (Å²) in [6.45, 7) is 12.7. The Hall–Kier alpha value is -5.91. The smallest absolute Gasteiger partial charge is 0.352 e. The Morgan fingerprint density at radius 1 is 0.915 bits per heavy atom. The molecule has 5 heterocycles. The van der Waals surface area contributed by atoms with Gasteiger partial charge in [-0.25, -0.2) is 14.8 Å². The molecule has 1 amide bonds. The normalized spacial score (nSPS) is 14.0. The number of hydrogen-bond donors (Lipinski definition) is 1. The molecule has 0 saturated carbocycles. The van der Waals surface area contributed by atoms with E-state index in [2.05, 4.69) is 16.5 Å². The monoisotopic (exact) mass is 830 g/mol. The van der Waals surface area contributed by atoms with Gasteiger partial charge in [-0.2, -0.15) is 0 Å². The fourth-order valence-electron chi connectivity index (χ4n) is 8.77. The highest BCUT2D eigenvalue weighted by atomic mass is 35.5. The van der Waals surface area contributed by atoms with Crippen molar-refractivity contribution in [1.29, 1.82) is 0 Å². The van der Waals surface area contributed by atoms with Crippen molar-refractivity contribution in [3.8, 4) is 22.6 Å². The van der Waals surface area contributed by atoms with Gasteiger partial charge >= 0.3 is 5.97 Å². The van der Waals surface area contributed by atoms with Gasteiger partial charge in [0.15, 0.2) is 0 Å². The van der Waals surface area contributed by atoms with Crippen LogP contribution in [-0.2, 0) is 13.0 Å². The molecule has 0 aliphatic carbocycles. The van der Waals surface area contributed by atoms with Gasteiger partial charge in [-0.1, -0.05) is 35.3 Å². The molecule has 8 rings (SSSR count). The number of benzene rings is 3. The van der Waals surface area contributed by atoms with Crippen LogP contribution in [0.3, 0.4) is 0 Å². The van der Waals surface area contributed by atoms with Crippen LogP contribution in [0.25, 0.3) is 32.9 Å². The first kappa shape index (κ1) is 39.9. The van der Waals surface area contributed by atoms with Crippen molar-refractivity contribution in [1.82, 2.24) is 24.1 Å². The number of anilines is 1. The van der Waals surface area contributed by atoms with Gasteiger partial charge in [-0.3, -0.25) is 9.78 Å². The van der Waals surface area contributed by atoms with Gasteiger partial charge < -0.3 is 28.6 Å². The number of carboxylic acids is 1. The highest BCUT2D eigenvalue weighted by Crippen LogP contribution is 2.46. The lowest BCUT2D eigenvalue weighted by atomic mass is 9.97. The van der Waals surface area contributed by atoms with E-state index >= 15 is 4.79 Å². The van der Waals surface area contributed by atoms with Gasteiger partial charge in [0.05, 0.1) is 47.7 Å². The summed E-state index contributed by atoms with van der Waals surface area (Å²) in [6.07, 6.45) is 2.81. The summed E-state index contributed by atoms with van der Waals surface area (Å²) in [4.78, 5) is 44.0. The van der Waals surface area contributed by atoms with Crippen molar-refractivity contribution >= 4 is 62.6 Å². The third kappa shape index (κ3) is 6.95. The highest BCUT2D eigenvalue weighted by molar-refractivity contribution is 6.35. The fourth-order valence-corrected chi connectivity index (χ4v) is 9.13. The summed E-state index contributed by atoms with van der Waals surface area (Å²) in [7, 11) is 1.55. The molecule has 1 aliphatic rings. The quantitative estimate of drug-likeness (QED) is 0.128. The molecule has 1 atom stereocenters. The molecule has 302 valence electrons. The predicted molar refractivity (Wildman–Crippen MR) is 232 cm³/mol. The third-order valence-corrected chi connectivity index (χ3v) is 12.1. The minimum Gasteiger partial charge on any atom is -0.496 e. The van der Waals surface area contributed by atoms with Gasteiger partial charge in [0.25, 0.3) is 5.91 Å². The number of aromatic nitrogens is 5. The van der Waals surface area contributed by atoms with E-state index in [-0.39, 0.29) is 24.2 Å². The van der Waals surface area contributed by atoms with Crippen molar-refractivity contribution in [3.63, 3.8) is 0 Å². The molecule has 1 aliphatic heterocycles. The van der Waals surface area contributed by atoms with Crippen LogP contribution in [0.2, 0.25) is 10.0 Å². The lowest BCUT2D eigenvalue weighted by Gasteiger charge is -2.35. The van der Waals surface area contributed by atoms with Crippen LogP contribution in [-0.4, -0.2) is 61.3 Å². The van der Waals surface area contributed by atoms with Gasteiger partial charge in [-0.05, 0) is 120 Å². The van der Waals surface area contributed by atoms with E-state index in [0.717, 1.165) is 60.9 Å². The number of carbonyl (C=O) groups is 2. The molecule has 11 nitrogen and oxygen atoms in total. The molecule has 1 unspecified atom stereocenters. The number of aryl methyl sites for hydroxylation is 6. The fraction of sp³-hybridized carbons (Fsp3) is 0.283. The first-order valence-corrected chi connectivity index (χ1v) is 20.3. The number of carboxylic acid groups (broad SMARTS) is 1. The number of halogens is 2. The van der Waals surface area contributed by atoms with Crippen molar-refractivity contribution in [3.05, 3.63) is 128 Å². The standard InChI is InChI=1S/C46H44Cl2N6O5/c1-24-19-31(20-25(2)41(24)48)59-18-10-12-32-33-13-14-35(47)40(39-27(4)50-29(6)51-28(39)5)43(33)54-26(3)22-53(45(55)44(32)54)36-15-16-38(58-7)34-21-37(46(56)57)52(42(34)36)23-30-11-8-9-17-49-30/h8-9,11,13-17,19-21,26H,10,12,18,22-23H2,1-7H3,(H,56,57). The van der Waals surface area contributed by atoms with E-state index in [0.29, 0.717) is 70.6 Å². The topological polar surface area (TPSA) is 125 Å². The van der Waals surface area contributed by atoms with Crippen LogP contribution in [0.1, 0.15) is 80.0 Å². The lowest BCUT2D eigenvalue weighted by Crippen LogP contribution is -2.43. The molecule has 1 N–H and O–H groups in total. The lowest BCUT2D eigenvalue weighted by molar-refractivity contribution is 0.0686. The maximum absolute atomic E-state index is 15.5. The second-order valence-electron chi connectivity index (χ2n) is 15.2. The average Bonchev–Trinajstić information content (AvgIpc) is 3.74. The zero-order valence-corrected chi connectivity index (χ0v) is 35.5. The number of aromatic carboxylic acids is 1. The zero-order chi connectivity index (χ0) is 41.9. The zero-order valence-electron chi connectivity index (χ0n) is 34.0. The second-order valence-corrected chi connectivity index (χ2v) is 16.0. The molecule has 59 heavy (non-hydrogen) atoms. The molecule has 0 bridgehead atoms. The van der Waals surface area contributed by atoms with Gasteiger partial charge in [0, 0.05) is 57.1 Å². The van der Waals surface area contributed by atoms with Crippen LogP contribution in [0.5, 0.6) is 11.5 Å². The van der Waals surface area contributed by atoms with E-state index in [9.17, 15) is 9.90 Å². The Bertz CT molecular complexity index is 2790. The maximum Gasteiger partial charge on any atom is 0.352 e. The average molecular weight is 832 g/mol. The number of ether oxygens (including phenoxy) is 2. The molecule has 4 aromatic heterocycles. The molecular formula is C46H44Cl2N6O5. The minimum atomic E-state index is -1.10. The first-order chi connectivity index (χ1) is 28.3. The predicted octanol–water partition coefficient (Wildman–Crippen LogP) is 10.3. The van der Waals surface area contributed by atoms with Gasteiger partial charge in [0.2, 0.25) is 0 Å². The van der Waals surface area contributed by atoms with Crippen LogP contribution in [0.4, 0.5) is 5.69 Å². The van der Waals surface area contributed by atoms with Crippen LogP contribution in [0, 0.1) is 34.6 Å². The van der Waals surface area contributed by atoms with Crippen molar-refractivity contribution in [2.45, 2.75) is 67.0 Å². The first-order valence-electron chi connectivity index (χ1n) is 19.5. The van der Waals surface area contributed by atoms with Crippen LogP contribution >= 0.6 is 23.2 Å². The summed E-state index contributed by atoms with van der Waals surface area (Å²) in [5.74, 6) is 0.576. The van der Waals surface area contributed by atoms with E-state index < -0.39 is 5.97 Å². The van der Waals surface area contributed by atoms with Crippen molar-refractivity contribution in [2.75, 3.05) is 25.2 Å². The Balaban J connectivity index is 1.31. The molecule has 13 heteroatoms. The summed E-state index contributed by atoms with van der Waals surface area (Å²) < 4.78 is 15.9. The number of hydrogen-bond acceptors (Lipinski definition) is 7.